The number of β-amino-alcohol motifs (C(OH)–C–C–N with tert-alkyl or cyclic N) is 1. The fourth-order valence-corrected chi connectivity index (χ4v) is 4.96. The zero-order valence-electron chi connectivity index (χ0n) is 18.2. The molecule has 1 unspecified atom stereocenters. The zero-order valence-corrected chi connectivity index (χ0v) is 18.2. The standard InChI is InChI=1S/C25H23N3O5/c1-14-17(4-5-19-20(14)13-33-25(19)31)22(29)10-27-6-7-28-9-21(26-23(28)11-27)15-2-3-18-16(8-15)12-32-24(18)30/h2-5,8-9,22,29H,6-7,10-13H2,1H3. The molecule has 3 aliphatic rings. The average molecular weight is 445 g/mol. The lowest BCUT2D eigenvalue weighted by molar-refractivity contribution is 0.0526. The minimum absolute atomic E-state index is 0.271. The van der Waals surface area contributed by atoms with E-state index in [4.69, 9.17) is 14.5 Å². The lowest BCUT2D eigenvalue weighted by Gasteiger charge is -2.29. The molecule has 2 aromatic carbocycles. The molecule has 3 aliphatic heterocycles. The van der Waals surface area contributed by atoms with Crippen LogP contribution in [0.5, 0.6) is 0 Å². The average Bonchev–Trinajstić information content (AvgIpc) is 3.51. The summed E-state index contributed by atoms with van der Waals surface area (Å²) in [5.41, 5.74) is 6.57. The molecule has 0 aliphatic carbocycles. The summed E-state index contributed by atoms with van der Waals surface area (Å²) >= 11 is 0. The molecule has 3 aromatic rings. The number of carbonyl (C=O) groups is 2. The van der Waals surface area contributed by atoms with Gasteiger partial charge < -0.3 is 19.1 Å². The maximum atomic E-state index is 11.8. The van der Waals surface area contributed by atoms with E-state index in [1.54, 1.807) is 12.1 Å². The molecule has 8 nitrogen and oxygen atoms in total. The maximum Gasteiger partial charge on any atom is 0.338 e. The molecule has 0 fully saturated rings. The van der Waals surface area contributed by atoms with E-state index in [9.17, 15) is 14.7 Å². The van der Waals surface area contributed by atoms with Crippen LogP contribution >= 0.6 is 0 Å². The third-order valence-electron chi connectivity index (χ3n) is 6.86. The molecule has 168 valence electrons. The molecule has 1 N–H and O–H groups in total. The highest BCUT2D eigenvalue weighted by molar-refractivity contribution is 5.94. The van der Waals surface area contributed by atoms with Gasteiger partial charge in [-0.3, -0.25) is 4.90 Å². The highest BCUT2D eigenvalue weighted by atomic mass is 16.5. The Balaban J connectivity index is 1.19. The van der Waals surface area contributed by atoms with Crippen LogP contribution in [0.1, 0.15) is 54.9 Å². The number of fused-ring (bicyclic) bond motifs is 3. The number of cyclic esters (lactones) is 2. The summed E-state index contributed by atoms with van der Waals surface area (Å²) in [6, 6.07) is 9.27. The SMILES string of the molecule is Cc1c(C(O)CN2CCn3cc(-c4ccc5c(c4)COC5=O)nc3C2)ccc2c1COC2=O. The van der Waals surface area contributed by atoms with Crippen LogP contribution in [-0.2, 0) is 35.8 Å². The van der Waals surface area contributed by atoms with E-state index in [0.29, 0.717) is 30.8 Å². The third kappa shape index (κ3) is 3.34. The van der Waals surface area contributed by atoms with Gasteiger partial charge in [0.1, 0.15) is 19.0 Å². The number of aliphatic hydroxyl groups excluding tert-OH is 1. The van der Waals surface area contributed by atoms with Crippen molar-refractivity contribution in [1.82, 2.24) is 14.5 Å². The molecule has 0 saturated heterocycles. The first-order valence-electron chi connectivity index (χ1n) is 11.0. The highest BCUT2D eigenvalue weighted by Crippen LogP contribution is 2.31. The Morgan fingerprint density at radius 2 is 1.85 bits per heavy atom. The molecular formula is C25H23N3O5. The van der Waals surface area contributed by atoms with E-state index in [-0.39, 0.29) is 18.5 Å². The number of hydrogen-bond donors (Lipinski definition) is 1. The van der Waals surface area contributed by atoms with Gasteiger partial charge >= 0.3 is 11.9 Å². The Morgan fingerprint density at radius 1 is 1.06 bits per heavy atom. The topological polar surface area (TPSA) is 93.9 Å². The third-order valence-corrected chi connectivity index (χ3v) is 6.86. The van der Waals surface area contributed by atoms with E-state index in [0.717, 1.165) is 52.4 Å². The summed E-state index contributed by atoms with van der Waals surface area (Å²) in [7, 11) is 0. The van der Waals surface area contributed by atoms with Crippen LogP contribution in [0.4, 0.5) is 0 Å². The predicted molar refractivity (Wildman–Crippen MR) is 117 cm³/mol. The molecule has 0 radical (unpaired) electrons. The van der Waals surface area contributed by atoms with Gasteiger partial charge in [-0.05, 0) is 36.2 Å². The van der Waals surface area contributed by atoms with Crippen molar-refractivity contribution in [1.29, 1.82) is 0 Å². The fourth-order valence-electron chi connectivity index (χ4n) is 4.96. The molecule has 0 spiro atoms. The molecule has 1 atom stereocenters. The van der Waals surface area contributed by atoms with E-state index in [1.165, 1.54) is 0 Å². The lowest BCUT2D eigenvalue weighted by atomic mass is 9.95. The van der Waals surface area contributed by atoms with Crippen LogP contribution in [0.15, 0.2) is 36.5 Å². The molecule has 6 rings (SSSR count). The summed E-state index contributed by atoms with van der Waals surface area (Å²) < 4.78 is 12.4. The van der Waals surface area contributed by atoms with Crippen molar-refractivity contribution >= 4 is 11.9 Å². The Hall–Kier alpha value is -3.49. The first-order chi connectivity index (χ1) is 16.0. The summed E-state index contributed by atoms with van der Waals surface area (Å²) in [5.74, 6) is 0.379. The van der Waals surface area contributed by atoms with Gasteiger partial charge in [0.2, 0.25) is 0 Å². The first kappa shape index (κ1) is 20.1. The number of hydrogen-bond acceptors (Lipinski definition) is 7. The monoisotopic (exact) mass is 445 g/mol. The Morgan fingerprint density at radius 3 is 2.73 bits per heavy atom. The number of aromatic nitrogens is 2. The normalized spacial score (nSPS) is 17.9. The molecule has 33 heavy (non-hydrogen) atoms. The van der Waals surface area contributed by atoms with Crippen LogP contribution in [0.3, 0.4) is 0 Å². The fraction of sp³-hybridized carbons (Fsp3) is 0.320. The van der Waals surface area contributed by atoms with Gasteiger partial charge in [-0.25, -0.2) is 14.6 Å². The largest absolute Gasteiger partial charge is 0.457 e. The summed E-state index contributed by atoms with van der Waals surface area (Å²) in [6.07, 6.45) is 1.38. The number of benzene rings is 2. The van der Waals surface area contributed by atoms with Gasteiger partial charge in [-0.15, -0.1) is 0 Å². The van der Waals surface area contributed by atoms with Crippen LogP contribution in [0, 0.1) is 6.92 Å². The number of esters is 2. The van der Waals surface area contributed by atoms with Crippen molar-refractivity contribution in [3.8, 4) is 11.3 Å². The van der Waals surface area contributed by atoms with Crippen molar-refractivity contribution in [2.45, 2.75) is 39.3 Å². The molecule has 0 amide bonds. The smallest absolute Gasteiger partial charge is 0.338 e. The quantitative estimate of drug-likeness (QED) is 0.617. The number of imidazole rings is 1. The van der Waals surface area contributed by atoms with E-state index < -0.39 is 6.10 Å². The number of aliphatic hydroxyl groups is 1. The predicted octanol–water partition coefficient (Wildman–Crippen LogP) is 2.75. The second-order valence-corrected chi connectivity index (χ2v) is 8.82. The second kappa shape index (κ2) is 7.54. The molecule has 0 saturated carbocycles. The van der Waals surface area contributed by atoms with Gasteiger partial charge in [-0.1, -0.05) is 12.1 Å². The van der Waals surface area contributed by atoms with E-state index >= 15 is 0 Å². The van der Waals surface area contributed by atoms with Crippen LogP contribution in [-0.4, -0.2) is 44.6 Å². The van der Waals surface area contributed by atoms with Gasteiger partial charge in [0, 0.05) is 42.5 Å². The number of ether oxygens (including phenoxy) is 2. The second-order valence-electron chi connectivity index (χ2n) is 8.82. The molecule has 1 aromatic heterocycles. The Bertz CT molecular complexity index is 1310. The molecule has 4 heterocycles. The summed E-state index contributed by atoms with van der Waals surface area (Å²) in [4.78, 5) is 30.5. The number of nitrogens with zero attached hydrogens (tertiary/aromatic N) is 3. The molecule has 8 heteroatoms. The Labute approximate surface area is 190 Å². The van der Waals surface area contributed by atoms with Gasteiger partial charge in [0.05, 0.1) is 29.5 Å². The van der Waals surface area contributed by atoms with Crippen molar-refractivity contribution < 1.29 is 24.2 Å². The van der Waals surface area contributed by atoms with Gasteiger partial charge in [0.15, 0.2) is 0 Å². The minimum atomic E-state index is -0.666. The van der Waals surface area contributed by atoms with Crippen LogP contribution in [0.25, 0.3) is 11.3 Å². The molecular weight excluding hydrogens is 422 g/mol. The van der Waals surface area contributed by atoms with Crippen molar-refractivity contribution in [3.05, 3.63) is 75.7 Å². The van der Waals surface area contributed by atoms with Crippen molar-refractivity contribution in [3.63, 3.8) is 0 Å². The highest BCUT2D eigenvalue weighted by Gasteiger charge is 2.28. The summed E-state index contributed by atoms with van der Waals surface area (Å²) in [5, 5.41) is 11.0. The van der Waals surface area contributed by atoms with E-state index in [2.05, 4.69) is 9.47 Å². The lowest BCUT2D eigenvalue weighted by Crippen LogP contribution is -2.36. The number of carbonyl (C=O) groups excluding carboxylic acids is 2. The summed E-state index contributed by atoms with van der Waals surface area (Å²) in [6.45, 7) is 5.22. The van der Waals surface area contributed by atoms with Crippen LogP contribution in [0.2, 0.25) is 0 Å². The first-order valence-corrected chi connectivity index (χ1v) is 11.0. The van der Waals surface area contributed by atoms with Crippen molar-refractivity contribution in [2.24, 2.45) is 0 Å². The maximum absolute atomic E-state index is 11.8. The molecule has 0 bridgehead atoms. The number of rotatable bonds is 4. The zero-order chi connectivity index (χ0) is 22.7. The van der Waals surface area contributed by atoms with Gasteiger partial charge in [0.25, 0.3) is 0 Å². The Kier molecular flexibility index (Phi) is 4.60. The van der Waals surface area contributed by atoms with E-state index in [1.807, 2.05) is 31.3 Å². The van der Waals surface area contributed by atoms with Gasteiger partial charge in [-0.2, -0.15) is 0 Å². The minimum Gasteiger partial charge on any atom is -0.457 e. The van der Waals surface area contributed by atoms with Crippen molar-refractivity contribution in [2.75, 3.05) is 13.1 Å². The van der Waals surface area contributed by atoms with Crippen LogP contribution < -0.4 is 0 Å².